The Morgan fingerprint density at radius 1 is 1.10 bits per heavy atom. The van der Waals surface area contributed by atoms with Crippen molar-refractivity contribution in [2.75, 3.05) is 33.8 Å². The lowest BCUT2D eigenvalue weighted by molar-refractivity contribution is -0.135. The zero-order chi connectivity index (χ0) is 21.8. The molecule has 5 heteroatoms. The summed E-state index contributed by atoms with van der Waals surface area (Å²) in [6, 6.07) is 19.0. The molecule has 5 nitrogen and oxygen atoms in total. The molecule has 1 aliphatic rings. The van der Waals surface area contributed by atoms with Crippen molar-refractivity contribution in [1.82, 2.24) is 14.8 Å². The van der Waals surface area contributed by atoms with Gasteiger partial charge >= 0.3 is 0 Å². The molecule has 1 aromatic heterocycles. The molecule has 2 heterocycles. The molecule has 0 bridgehead atoms. The molecule has 1 amide bonds. The van der Waals surface area contributed by atoms with Crippen molar-refractivity contribution in [2.24, 2.45) is 11.8 Å². The lowest BCUT2D eigenvalue weighted by atomic mass is 9.88. The van der Waals surface area contributed by atoms with Crippen LogP contribution in [0.2, 0.25) is 0 Å². The number of carbonyl (C=O) groups is 1. The highest BCUT2D eigenvalue weighted by atomic mass is 16.5. The normalized spacial score (nSPS) is 19.3. The molecular weight excluding hydrogens is 386 g/mol. The van der Waals surface area contributed by atoms with Gasteiger partial charge in [-0.2, -0.15) is 0 Å². The van der Waals surface area contributed by atoms with Gasteiger partial charge in [-0.05, 0) is 47.9 Å². The van der Waals surface area contributed by atoms with Crippen LogP contribution in [0.3, 0.4) is 0 Å². The molecular formula is C26H31N3O2. The minimum Gasteiger partial charge on any atom is -0.492 e. The Morgan fingerprint density at radius 3 is 2.65 bits per heavy atom. The first-order valence-electron chi connectivity index (χ1n) is 10.9. The molecule has 1 saturated heterocycles. The van der Waals surface area contributed by atoms with Gasteiger partial charge < -0.3 is 9.64 Å². The highest BCUT2D eigenvalue weighted by Crippen LogP contribution is 2.26. The maximum Gasteiger partial charge on any atom is 0.226 e. The summed E-state index contributed by atoms with van der Waals surface area (Å²) in [6.07, 6.45) is 2.62. The van der Waals surface area contributed by atoms with Gasteiger partial charge in [0.2, 0.25) is 5.91 Å². The molecule has 162 valence electrons. The second-order valence-corrected chi connectivity index (χ2v) is 8.85. The van der Waals surface area contributed by atoms with Gasteiger partial charge in [0.05, 0.1) is 18.7 Å². The number of hydrogen-bond acceptors (Lipinski definition) is 4. The Bertz CT molecular complexity index is 1030. The molecule has 0 unspecified atom stereocenters. The predicted octanol–water partition coefficient (Wildman–Crippen LogP) is 4.15. The highest BCUT2D eigenvalue weighted by Gasteiger charge is 2.32. The lowest BCUT2D eigenvalue weighted by Crippen LogP contribution is -2.47. The first-order valence-corrected chi connectivity index (χ1v) is 10.9. The van der Waals surface area contributed by atoms with Crippen LogP contribution in [0.4, 0.5) is 0 Å². The van der Waals surface area contributed by atoms with Crippen molar-refractivity contribution in [1.29, 1.82) is 0 Å². The molecule has 2 atom stereocenters. The van der Waals surface area contributed by atoms with Crippen molar-refractivity contribution in [3.8, 4) is 5.75 Å². The number of fused-ring (bicyclic) bond motifs is 1. The smallest absolute Gasteiger partial charge is 0.226 e. The summed E-state index contributed by atoms with van der Waals surface area (Å²) < 4.78 is 6.03. The van der Waals surface area contributed by atoms with E-state index in [1.165, 1.54) is 16.3 Å². The first-order chi connectivity index (χ1) is 15.0. The van der Waals surface area contributed by atoms with Crippen molar-refractivity contribution in [2.45, 2.75) is 19.9 Å². The predicted molar refractivity (Wildman–Crippen MR) is 124 cm³/mol. The Hall–Kier alpha value is -2.92. The van der Waals surface area contributed by atoms with Crippen LogP contribution in [0.25, 0.3) is 10.8 Å². The van der Waals surface area contributed by atoms with Crippen molar-refractivity contribution < 1.29 is 9.53 Å². The van der Waals surface area contributed by atoms with Crippen LogP contribution in [0.1, 0.15) is 17.7 Å². The van der Waals surface area contributed by atoms with E-state index in [9.17, 15) is 4.79 Å². The van der Waals surface area contributed by atoms with Crippen LogP contribution in [0.5, 0.6) is 5.75 Å². The number of carbonyl (C=O) groups excluding carboxylic acids is 1. The Kier molecular flexibility index (Phi) is 6.52. The Morgan fingerprint density at radius 2 is 1.90 bits per heavy atom. The highest BCUT2D eigenvalue weighted by molar-refractivity contribution is 5.83. The minimum absolute atomic E-state index is 0.00560. The standard InChI is InChI=1S/C26H31N3O2/c1-19-8-11-25(14-27-19)31-18-21-13-24(26(30)28(2)3)17-29(16-21)15-20-9-10-22-6-4-5-7-23(22)12-20/h4-12,14,21,24H,13,15-18H2,1-3H3/t21-,24+/m0/s1. The average molecular weight is 418 g/mol. The van der Waals surface area contributed by atoms with Gasteiger partial charge in [0, 0.05) is 45.3 Å². The quantitative estimate of drug-likeness (QED) is 0.605. The second-order valence-electron chi connectivity index (χ2n) is 8.85. The molecule has 0 N–H and O–H groups in total. The molecule has 0 aliphatic carbocycles. The molecule has 4 rings (SSSR count). The Labute approximate surface area is 184 Å². The number of ether oxygens (including phenoxy) is 1. The summed E-state index contributed by atoms with van der Waals surface area (Å²) in [7, 11) is 3.68. The third kappa shape index (κ3) is 5.42. The van der Waals surface area contributed by atoms with Crippen LogP contribution in [-0.2, 0) is 11.3 Å². The molecule has 0 spiro atoms. The number of aryl methyl sites for hydroxylation is 1. The van der Waals surface area contributed by atoms with E-state index in [1.807, 2.05) is 33.2 Å². The second kappa shape index (κ2) is 9.48. The third-order valence-corrected chi connectivity index (χ3v) is 5.99. The van der Waals surface area contributed by atoms with E-state index in [4.69, 9.17) is 4.74 Å². The van der Waals surface area contributed by atoms with Gasteiger partial charge in [0.15, 0.2) is 0 Å². The number of piperidine rings is 1. The number of pyridine rings is 1. The number of hydrogen-bond donors (Lipinski definition) is 0. The average Bonchev–Trinajstić information content (AvgIpc) is 2.78. The van der Waals surface area contributed by atoms with E-state index in [0.717, 1.165) is 37.5 Å². The number of amides is 1. The van der Waals surface area contributed by atoms with Gasteiger partial charge in [0.25, 0.3) is 0 Å². The van der Waals surface area contributed by atoms with Gasteiger partial charge in [0.1, 0.15) is 5.75 Å². The van der Waals surface area contributed by atoms with E-state index in [2.05, 4.69) is 52.3 Å². The molecule has 0 radical (unpaired) electrons. The van der Waals surface area contributed by atoms with E-state index in [1.54, 1.807) is 11.1 Å². The maximum absolute atomic E-state index is 12.8. The summed E-state index contributed by atoms with van der Waals surface area (Å²) >= 11 is 0. The van der Waals surface area contributed by atoms with E-state index in [0.29, 0.717) is 12.5 Å². The fourth-order valence-electron chi connectivity index (χ4n) is 4.45. The molecule has 1 aliphatic heterocycles. The topological polar surface area (TPSA) is 45.7 Å². The third-order valence-electron chi connectivity index (χ3n) is 5.99. The summed E-state index contributed by atoms with van der Waals surface area (Å²) in [5.41, 5.74) is 2.25. The fraction of sp³-hybridized carbons (Fsp3) is 0.385. The van der Waals surface area contributed by atoms with Gasteiger partial charge in [-0.1, -0.05) is 36.4 Å². The van der Waals surface area contributed by atoms with E-state index < -0.39 is 0 Å². The largest absolute Gasteiger partial charge is 0.492 e. The van der Waals surface area contributed by atoms with E-state index in [-0.39, 0.29) is 11.8 Å². The van der Waals surface area contributed by atoms with Crippen molar-refractivity contribution in [3.05, 3.63) is 72.1 Å². The molecule has 1 fully saturated rings. The molecule has 0 saturated carbocycles. The summed E-state index contributed by atoms with van der Waals surface area (Å²) in [6.45, 7) is 5.10. The van der Waals surface area contributed by atoms with Crippen LogP contribution in [0.15, 0.2) is 60.8 Å². The van der Waals surface area contributed by atoms with Gasteiger partial charge in [-0.25, -0.2) is 0 Å². The molecule has 2 aromatic carbocycles. The van der Waals surface area contributed by atoms with Crippen LogP contribution >= 0.6 is 0 Å². The minimum atomic E-state index is -0.00560. The van der Waals surface area contributed by atoms with Gasteiger partial charge in [-0.3, -0.25) is 14.7 Å². The monoisotopic (exact) mass is 417 g/mol. The summed E-state index contributed by atoms with van der Waals surface area (Å²) in [5.74, 6) is 1.27. The van der Waals surface area contributed by atoms with Crippen LogP contribution in [-0.4, -0.2) is 54.5 Å². The summed E-state index contributed by atoms with van der Waals surface area (Å²) in [4.78, 5) is 21.2. The number of nitrogens with zero attached hydrogens (tertiary/aromatic N) is 3. The zero-order valence-corrected chi connectivity index (χ0v) is 18.6. The van der Waals surface area contributed by atoms with Crippen molar-refractivity contribution in [3.63, 3.8) is 0 Å². The van der Waals surface area contributed by atoms with Crippen LogP contribution < -0.4 is 4.74 Å². The van der Waals surface area contributed by atoms with Crippen molar-refractivity contribution >= 4 is 16.7 Å². The number of benzene rings is 2. The fourth-order valence-corrected chi connectivity index (χ4v) is 4.45. The first kappa shape index (κ1) is 21.3. The Balaban J connectivity index is 1.46. The molecule has 31 heavy (non-hydrogen) atoms. The lowest BCUT2D eigenvalue weighted by Gasteiger charge is -2.38. The maximum atomic E-state index is 12.8. The van der Waals surface area contributed by atoms with Gasteiger partial charge in [-0.15, -0.1) is 0 Å². The molecule has 3 aromatic rings. The summed E-state index contributed by atoms with van der Waals surface area (Å²) in [5, 5.41) is 2.51. The van der Waals surface area contributed by atoms with E-state index >= 15 is 0 Å². The number of likely N-dealkylation sites (tertiary alicyclic amines) is 1. The SMILES string of the molecule is Cc1ccc(OC[C@H]2C[C@@H](C(=O)N(C)C)CN(Cc3ccc4ccccc4c3)C2)cn1. The zero-order valence-electron chi connectivity index (χ0n) is 18.6. The number of aromatic nitrogens is 1. The van der Waals surface area contributed by atoms with Crippen LogP contribution in [0, 0.1) is 18.8 Å². The number of rotatable bonds is 6.